The lowest BCUT2D eigenvalue weighted by atomic mass is 10.4. The van der Waals surface area contributed by atoms with Gasteiger partial charge in [0.1, 0.15) is 26.4 Å². The zero-order valence-corrected chi connectivity index (χ0v) is 77.7. The van der Waals surface area contributed by atoms with E-state index in [2.05, 4.69) is 57.0 Å². The summed E-state index contributed by atoms with van der Waals surface area (Å²) < 4.78 is 147. The Morgan fingerprint density at radius 2 is 0.538 bits per heavy atom. The molecule has 12 unspecified atom stereocenters. The average Bonchev–Trinajstić information content (AvgIpc) is 0.962. The van der Waals surface area contributed by atoms with Crippen molar-refractivity contribution in [2.75, 3.05) is 189 Å². The number of hydrogen-bond donors (Lipinski definition) is 9. The fraction of sp³-hybridized carbons (Fsp3) is 0.898. The first-order chi connectivity index (χ1) is 48.9. The summed E-state index contributed by atoms with van der Waals surface area (Å²) in [5, 5.41) is 58.5. The van der Waals surface area contributed by atoms with E-state index in [9.17, 15) is 65.3 Å². The van der Waals surface area contributed by atoms with Gasteiger partial charge in [-0.3, -0.25) is 56.2 Å². The van der Waals surface area contributed by atoms with Gasteiger partial charge in [0.15, 0.2) is 27.4 Å². The van der Waals surface area contributed by atoms with E-state index >= 15 is 0 Å². The third kappa shape index (κ3) is 146. The van der Waals surface area contributed by atoms with Crippen LogP contribution in [0.2, 0.25) is 0 Å². The van der Waals surface area contributed by atoms with Gasteiger partial charge in [-0.25, -0.2) is 0 Å². The van der Waals surface area contributed by atoms with Crippen molar-refractivity contribution < 1.29 is 161 Å². The van der Waals surface area contributed by atoms with Gasteiger partial charge < -0.3 is 77.5 Å². The highest BCUT2D eigenvalue weighted by Gasteiger charge is 2.22. The Morgan fingerprint density at radius 3 is 0.736 bits per heavy atom. The number of aliphatic carboxylic acids is 3. The predicted molar refractivity (Wildman–Crippen MR) is 434 cm³/mol. The number of aliphatic hydroxyl groups is 4. The zero-order chi connectivity index (χ0) is 84.7. The lowest BCUT2D eigenvalue weighted by Gasteiger charge is -2.13. The Kier molecular flexibility index (Phi) is 104. The van der Waals surface area contributed by atoms with Crippen LogP contribution in [0.3, 0.4) is 0 Å². The van der Waals surface area contributed by atoms with Gasteiger partial charge >= 0.3 is 59.9 Å². The van der Waals surface area contributed by atoms with Gasteiger partial charge in [-0.1, -0.05) is 80.1 Å². The zero-order valence-electron chi connectivity index (χ0n) is 65.3. The number of rotatable bonds is 51. The fourth-order valence-electron chi connectivity index (χ4n) is 5.32. The van der Waals surface area contributed by atoms with Crippen LogP contribution in [0.5, 0.6) is 0 Å². The van der Waals surface area contributed by atoms with Crippen molar-refractivity contribution in [2.45, 2.75) is 157 Å². The summed E-state index contributed by atoms with van der Waals surface area (Å²) >= 11 is 0. The molecule has 0 aromatic carbocycles. The van der Waals surface area contributed by atoms with E-state index in [1.165, 1.54) is 40.0 Å². The molecule has 0 rings (SSSR count). The molecule has 47 heteroatoms. The summed E-state index contributed by atoms with van der Waals surface area (Å²) in [6, 6.07) is 0. The average molecular weight is 1790 g/mol. The fourth-order valence-corrected chi connectivity index (χ4v) is 12.8. The van der Waals surface area contributed by atoms with E-state index in [1.807, 2.05) is 20.8 Å². The highest BCUT2D eigenvalue weighted by Crippen LogP contribution is 2.60. The third-order valence-electron chi connectivity index (χ3n) is 10.9. The number of ether oxygens (including phenoxy) is 3. The van der Waals surface area contributed by atoms with Crippen LogP contribution in [0.25, 0.3) is 0 Å². The van der Waals surface area contributed by atoms with Gasteiger partial charge in [-0.2, -0.15) is 4.89 Å². The molecular weight excluding hydrogens is 1660 g/mol. The maximum Gasteiger partial charge on any atom is 0.504 e. The molecule has 0 radical (unpaired) electrons. The molecule has 0 heterocycles. The van der Waals surface area contributed by atoms with Gasteiger partial charge in [0, 0.05) is 77.0 Å². The van der Waals surface area contributed by atoms with Crippen LogP contribution in [0, 0.1) is 0 Å². The quantitative estimate of drug-likeness (QED) is 0.0118. The second-order valence-electron chi connectivity index (χ2n) is 22.4. The van der Waals surface area contributed by atoms with Gasteiger partial charge in [-0.15, -0.1) is 35.8 Å². The Balaban J connectivity index is -0.000000123. The van der Waals surface area contributed by atoms with E-state index in [-0.39, 0.29) is 141 Å². The first-order valence-electron chi connectivity index (χ1n) is 34.0. The molecule has 12 atom stereocenters. The molecular formula is C59H136O34P13+3. The van der Waals surface area contributed by atoms with Crippen LogP contribution < -0.4 is 0 Å². The first kappa shape index (κ1) is 127. The number of carbonyl (C=O) groups excluding carboxylic acids is 3. The molecule has 34 nitrogen and oxygen atoms in total. The first-order valence-corrected chi connectivity index (χ1v) is 58.7. The van der Waals surface area contributed by atoms with Crippen LogP contribution in [0.4, 0.5) is 0 Å². The van der Waals surface area contributed by atoms with Crippen LogP contribution in [0.1, 0.15) is 157 Å². The molecule has 0 spiro atoms. The van der Waals surface area contributed by atoms with Crippen LogP contribution >= 0.6 is 102 Å². The summed E-state index contributed by atoms with van der Waals surface area (Å²) in [6.07, 6.45) is 12.0. The summed E-state index contributed by atoms with van der Waals surface area (Å²) in [4.78, 5) is 79.8. The number of esters is 3. The van der Waals surface area contributed by atoms with E-state index in [4.69, 9.17) is 86.5 Å². The molecule has 0 aromatic heterocycles. The Hall–Kier alpha value is -0.300. The Labute approximate surface area is 642 Å². The highest BCUT2D eigenvalue weighted by molar-refractivity contribution is 8.65. The maximum absolute atomic E-state index is 11.9. The van der Waals surface area contributed by atoms with Crippen molar-refractivity contribution in [3.8, 4) is 0 Å². The molecule has 0 aliphatic rings. The minimum Gasteiger partial charge on any atom is -0.481 e. The van der Waals surface area contributed by atoms with E-state index < -0.39 is 98.1 Å². The molecule has 9 N–H and O–H groups in total. The molecule has 0 saturated heterocycles. The number of hydrogen-bond acceptors (Lipinski definition) is 29. The number of carboxylic acids is 3. The SMILES string of the molecule is CCCCOC(=O)CCP(C)(=O)OCCCC.CCCCOP(C)(=O)CCC(=O)O.CCCCOP(C)(=O)CCC(=O)O.CCCCO[P+](C)=O.CCCCO[P+](C)=O.CP(=O)(CCC(=O)O)OCCO.CP(=O)(CCC(=O)OCCO)OCCO.CP(=O)(O)CCC(=O)OCCO.C[P+](=O)O.PP(P)P. The van der Waals surface area contributed by atoms with E-state index in [0.717, 1.165) is 77.0 Å². The number of carbonyl (C=O) groups is 6. The normalized spacial score (nSPS) is 14.1. The summed E-state index contributed by atoms with van der Waals surface area (Å²) in [6.45, 7) is 27.5. The Morgan fingerprint density at radius 1 is 0.349 bits per heavy atom. The van der Waals surface area contributed by atoms with E-state index in [0.29, 0.717) is 39.6 Å². The largest absolute Gasteiger partial charge is 0.504 e. The van der Waals surface area contributed by atoms with Gasteiger partial charge in [-0.05, 0) is 59.2 Å². The molecule has 0 amide bonds. The van der Waals surface area contributed by atoms with Crippen molar-refractivity contribution in [1.29, 1.82) is 0 Å². The summed E-state index contributed by atoms with van der Waals surface area (Å²) in [5.41, 5.74) is 0. The topological polar surface area (TPSA) is 530 Å². The summed E-state index contributed by atoms with van der Waals surface area (Å²) in [7, 11) is -13.3. The lowest BCUT2D eigenvalue weighted by molar-refractivity contribution is -0.145. The van der Waals surface area contributed by atoms with Crippen LogP contribution in [-0.4, -0.2) is 271 Å². The second-order valence-corrected chi connectivity index (χ2v) is 53.5. The van der Waals surface area contributed by atoms with E-state index in [1.54, 1.807) is 20.0 Å². The van der Waals surface area contributed by atoms with Crippen LogP contribution in [-0.2, 0) is 116 Å². The van der Waals surface area contributed by atoms with Crippen molar-refractivity contribution in [2.24, 2.45) is 0 Å². The van der Waals surface area contributed by atoms with Crippen LogP contribution in [0.15, 0.2) is 0 Å². The van der Waals surface area contributed by atoms with Gasteiger partial charge in [0.2, 0.25) is 36.8 Å². The van der Waals surface area contributed by atoms with Crippen molar-refractivity contribution >= 4 is 138 Å². The smallest absolute Gasteiger partial charge is 0.481 e. The Bertz CT molecular complexity index is 2430. The minimum atomic E-state index is -3.12. The minimum absolute atomic E-state index is 0.000530. The molecule has 106 heavy (non-hydrogen) atoms. The van der Waals surface area contributed by atoms with Crippen molar-refractivity contribution in [3.05, 3.63) is 0 Å². The van der Waals surface area contributed by atoms with Crippen molar-refractivity contribution in [3.63, 3.8) is 0 Å². The third-order valence-corrected chi connectivity index (χ3v) is 21.8. The molecule has 0 aromatic rings. The monoisotopic (exact) mass is 1790 g/mol. The van der Waals surface area contributed by atoms with Gasteiger partial charge in [0.05, 0.1) is 105 Å². The number of aliphatic hydroxyl groups excluding tert-OH is 4. The standard InChI is InChI=1S/C12H25O4P.C8H17O6P.2C8H17O4P.2C6H13O5P.2C5H12O2P.CH3O2P.H6P4/c1-4-6-9-15-12(13)8-11-17(3,14)16-10-7-5-2;1-15(12,14-6-4-10)7-2-8(11)13-5-3-9;2*1-3-4-6-12-13(2,11)7-5-8(9)10;1-12(9,10)5-2-6(8)11-4-3-7;1-12(10,11-4-3-7)5-2-6(8)9;2*1-3-4-5-7-8(2)6;2*1-4(2)3/h4-11H2,1-3H3;9-10H,2-7H2,1H3;2*3-7H2,1-2H3,(H,9,10);7H,2-5H2,1H3,(H,9,10);7H,2-5H2,1H3,(H,8,9);2*3-5H2,1-2H3;1H3;1-3H2/q;;;;;;2*+1;;/p+1. The molecule has 0 aliphatic carbocycles. The summed E-state index contributed by atoms with van der Waals surface area (Å²) in [5.74, 6) is -4.20. The molecule has 0 saturated carbocycles. The number of carboxylic acid groups (broad SMARTS) is 3. The van der Waals surface area contributed by atoms with Gasteiger partial charge in [0.25, 0.3) is 0 Å². The molecule has 0 bridgehead atoms. The molecule has 0 aliphatic heterocycles. The molecule has 638 valence electrons. The molecule has 0 fully saturated rings. The lowest BCUT2D eigenvalue weighted by Crippen LogP contribution is -2.10. The number of unbranched alkanes of at least 4 members (excludes halogenated alkanes) is 6. The van der Waals surface area contributed by atoms with Crippen molar-refractivity contribution in [1.82, 2.24) is 0 Å². The maximum atomic E-state index is 11.9. The predicted octanol–water partition coefficient (Wildman–Crippen LogP) is 14.4. The second kappa shape index (κ2) is 87.1. The highest BCUT2D eigenvalue weighted by atomic mass is 32.7.